The SMILES string of the molecule is CC(C)[C@H]1CC[C@H](C)C[C@H]1OP(=O)(O[C@@H]1C[C@H](C)CC[C@H]1C(C)C)[C@H](O)c1ccccc1C(F)(F)F. The number of benzene rings is 1. The van der Waals surface area contributed by atoms with E-state index < -0.39 is 43.0 Å². The second kappa shape index (κ2) is 11.9. The molecule has 1 N–H and O–H groups in total. The van der Waals surface area contributed by atoms with Gasteiger partial charge in [-0.3, -0.25) is 4.57 Å². The highest BCUT2D eigenvalue weighted by Crippen LogP contribution is 2.65. The second-order valence-electron chi connectivity index (χ2n) is 11.9. The van der Waals surface area contributed by atoms with Gasteiger partial charge in [-0.15, -0.1) is 0 Å². The molecule has 0 heterocycles. The maximum Gasteiger partial charge on any atom is 0.416 e. The highest BCUT2D eigenvalue weighted by atomic mass is 31.2. The van der Waals surface area contributed by atoms with E-state index in [1.165, 1.54) is 18.2 Å². The number of aliphatic hydroxyl groups is 1. The van der Waals surface area contributed by atoms with Crippen LogP contribution in [0.1, 0.15) is 97.0 Å². The lowest BCUT2D eigenvalue weighted by atomic mass is 9.75. The first kappa shape index (κ1) is 29.7. The summed E-state index contributed by atoms with van der Waals surface area (Å²) in [6, 6.07) is 4.76. The fourth-order valence-electron chi connectivity index (χ4n) is 6.14. The molecule has 0 aliphatic heterocycles. The van der Waals surface area contributed by atoms with Gasteiger partial charge in [-0.25, -0.2) is 0 Å². The molecule has 3 rings (SSSR count). The zero-order chi connectivity index (χ0) is 26.8. The fraction of sp³-hybridized carbons (Fsp3) is 0.786. The Balaban J connectivity index is 2.04. The van der Waals surface area contributed by atoms with Crippen molar-refractivity contribution in [2.75, 3.05) is 0 Å². The molecule has 0 amide bonds. The summed E-state index contributed by atoms with van der Waals surface area (Å²) in [5.74, 6) is -0.691. The Morgan fingerprint density at radius 2 is 1.31 bits per heavy atom. The molecule has 36 heavy (non-hydrogen) atoms. The molecule has 0 saturated heterocycles. The van der Waals surface area contributed by atoms with Crippen molar-refractivity contribution in [3.8, 4) is 0 Å². The Morgan fingerprint density at radius 3 is 1.72 bits per heavy atom. The van der Waals surface area contributed by atoms with E-state index in [2.05, 4.69) is 41.5 Å². The minimum absolute atomic E-state index is 0.0920. The van der Waals surface area contributed by atoms with Crippen molar-refractivity contribution in [1.29, 1.82) is 0 Å². The number of hydrogen-bond acceptors (Lipinski definition) is 4. The first-order chi connectivity index (χ1) is 16.7. The van der Waals surface area contributed by atoms with Crippen molar-refractivity contribution in [3.63, 3.8) is 0 Å². The van der Waals surface area contributed by atoms with E-state index in [4.69, 9.17) is 9.05 Å². The monoisotopic (exact) mass is 532 g/mol. The van der Waals surface area contributed by atoms with E-state index in [0.717, 1.165) is 31.7 Å². The van der Waals surface area contributed by atoms with Crippen molar-refractivity contribution in [2.24, 2.45) is 35.5 Å². The van der Waals surface area contributed by atoms with Crippen LogP contribution >= 0.6 is 7.60 Å². The highest BCUT2D eigenvalue weighted by molar-refractivity contribution is 7.54. The number of halogens is 3. The van der Waals surface area contributed by atoms with Gasteiger partial charge in [0.1, 0.15) is 0 Å². The molecule has 2 aliphatic carbocycles. The summed E-state index contributed by atoms with van der Waals surface area (Å²) < 4.78 is 68.8. The van der Waals surface area contributed by atoms with Gasteiger partial charge in [-0.05, 0) is 67.3 Å². The molecule has 0 bridgehead atoms. The molecule has 206 valence electrons. The first-order valence-corrected chi connectivity index (χ1v) is 15.1. The van der Waals surface area contributed by atoms with Gasteiger partial charge >= 0.3 is 13.8 Å². The zero-order valence-corrected chi connectivity index (χ0v) is 23.4. The maximum atomic E-state index is 14.6. The molecule has 1 aromatic carbocycles. The molecule has 2 fully saturated rings. The standard InChI is InChI=1S/C28H44F3O4P/c1-17(2)21-13-11-19(5)15-25(21)34-36(33,35-26-16-20(6)12-14-22(26)18(3)4)27(32)23-9-7-8-10-24(23)28(29,30)31/h7-10,17-22,25-27,32H,11-16H2,1-6H3/t19-,20+,21+,22-,25-,26-,27+,36?/m1/s1. The third kappa shape index (κ3) is 6.95. The molecule has 1 aromatic rings. The van der Waals surface area contributed by atoms with Crippen LogP contribution in [0, 0.1) is 35.5 Å². The molecule has 8 heteroatoms. The molecule has 1 unspecified atom stereocenters. The summed E-state index contributed by atoms with van der Waals surface area (Å²) in [7, 11) is -4.42. The van der Waals surface area contributed by atoms with Gasteiger partial charge < -0.3 is 14.2 Å². The van der Waals surface area contributed by atoms with Crippen LogP contribution in [0.2, 0.25) is 0 Å². The number of aliphatic hydroxyl groups excluding tert-OH is 1. The Labute approximate surface area is 214 Å². The minimum Gasteiger partial charge on any atom is -0.376 e. The number of hydrogen-bond donors (Lipinski definition) is 1. The predicted octanol–water partition coefficient (Wildman–Crippen LogP) is 8.84. The van der Waals surface area contributed by atoms with Crippen LogP contribution in [0.25, 0.3) is 0 Å². The predicted molar refractivity (Wildman–Crippen MR) is 136 cm³/mol. The van der Waals surface area contributed by atoms with Gasteiger partial charge in [0.05, 0.1) is 17.8 Å². The van der Waals surface area contributed by atoms with Crippen molar-refractivity contribution in [3.05, 3.63) is 35.4 Å². The van der Waals surface area contributed by atoms with Crippen LogP contribution in [0.15, 0.2) is 24.3 Å². The topological polar surface area (TPSA) is 55.8 Å². The van der Waals surface area contributed by atoms with E-state index >= 15 is 0 Å². The van der Waals surface area contributed by atoms with Crippen molar-refractivity contribution < 1.29 is 31.9 Å². The highest BCUT2D eigenvalue weighted by Gasteiger charge is 2.48. The van der Waals surface area contributed by atoms with E-state index in [0.29, 0.717) is 24.7 Å². The van der Waals surface area contributed by atoms with Crippen LogP contribution in [0.5, 0.6) is 0 Å². The van der Waals surface area contributed by atoms with Gasteiger partial charge in [0.2, 0.25) is 0 Å². The number of alkyl halides is 3. The molecule has 2 aliphatic rings. The average molecular weight is 533 g/mol. The molecule has 0 radical (unpaired) electrons. The van der Waals surface area contributed by atoms with Gasteiger partial charge in [-0.1, -0.05) is 72.6 Å². The Morgan fingerprint density at radius 1 is 0.861 bits per heavy atom. The largest absolute Gasteiger partial charge is 0.416 e. The smallest absolute Gasteiger partial charge is 0.376 e. The van der Waals surface area contributed by atoms with Crippen LogP contribution in [-0.4, -0.2) is 17.3 Å². The van der Waals surface area contributed by atoms with Crippen molar-refractivity contribution in [2.45, 2.75) is 104 Å². The Kier molecular flexibility index (Phi) is 9.80. The quantitative estimate of drug-likeness (QED) is 0.340. The average Bonchev–Trinajstić information content (AvgIpc) is 2.77. The minimum atomic E-state index is -4.71. The van der Waals surface area contributed by atoms with E-state index in [1.54, 1.807) is 0 Å². The molecule has 0 aromatic heterocycles. The van der Waals surface area contributed by atoms with E-state index in [1.807, 2.05) is 0 Å². The molecule has 0 spiro atoms. The molecule has 8 atom stereocenters. The summed E-state index contributed by atoms with van der Waals surface area (Å²) in [5, 5.41) is 11.4. The maximum absolute atomic E-state index is 14.6. The van der Waals surface area contributed by atoms with Crippen molar-refractivity contribution >= 4 is 7.60 Å². The lowest BCUT2D eigenvalue weighted by Gasteiger charge is -2.42. The van der Waals surface area contributed by atoms with Crippen LogP contribution in [0.4, 0.5) is 13.2 Å². The summed E-state index contributed by atoms with van der Waals surface area (Å²) in [5.41, 5.74) is -1.47. The van der Waals surface area contributed by atoms with Crippen LogP contribution < -0.4 is 0 Å². The Hall–Kier alpha value is -0.880. The first-order valence-electron chi connectivity index (χ1n) is 13.5. The molecule has 4 nitrogen and oxygen atoms in total. The number of rotatable bonds is 8. The van der Waals surface area contributed by atoms with Gasteiger partial charge in [0.15, 0.2) is 5.85 Å². The summed E-state index contributed by atoms with van der Waals surface area (Å²) in [6.45, 7) is 12.5. The summed E-state index contributed by atoms with van der Waals surface area (Å²) in [4.78, 5) is 0. The third-order valence-electron chi connectivity index (χ3n) is 8.33. The van der Waals surface area contributed by atoms with Gasteiger partial charge in [0.25, 0.3) is 0 Å². The lowest BCUT2D eigenvalue weighted by Crippen LogP contribution is -2.37. The zero-order valence-electron chi connectivity index (χ0n) is 22.5. The van der Waals surface area contributed by atoms with E-state index in [-0.39, 0.29) is 23.7 Å². The normalized spacial score (nSPS) is 32.4. The fourth-order valence-corrected chi connectivity index (χ4v) is 8.23. The third-order valence-corrected chi connectivity index (χ3v) is 10.3. The van der Waals surface area contributed by atoms with Crippen LogP contribution in [0.3, 0.4) is 0 Å². The summed E-state index contributed by atoms with van der Waals surface area (Å²) in [6.07, 6.45) is -0.538. The second-order valence-corrected chi connectivity index (χ2v) is 13.9. The van der Waals surface area contributed by atoms with Gasteiger partial charge in [0, 0.05) is 5.56 Å². The van der Waals surface area contributed by atoms with Gasteiger partial charge in [-0.2, -0.15) is 13.2 Å². The molecular weight excluding hydrogens is 488 g/mol. The Bertz CT molecular complexity index is 865. The van der Waals surface area contributed by atoms with Crippen LogP contribution in [-0.2, 0) is 19.8 Å². The molecular formula is C28H44F3O4P. The van der Waals surface area contributed by atoms with Crippen molar-refractivity contribution in [1.82, 2.24) is 0 Å². The van der Waals surface area contributed by atoms with E-state index in [9.17, 15) is 22.8 Å². The lowest BCUT2D eigenvalue weighted by molar-refractivity contribution is -0.138. The molecule has 2 saturated carbocycles. The summed E-state index contributed by atoms with van der Waals surface area (Å²) >= 11 is 0.